The maximum atomic E-state index is 5.66. The monoisotopic (exact) mass is 288 g/mol. The summed E-state index contributed by atoms with van der Waals surface area (Å²) in [5, 5.41) is 4.78. The fraction of sp³-hybridized carbons (Fsp3) is 0.308. The van der Waals surface area contributed by atoms with Gasteiger partial charge in [-0.1, -0.05) is 5.16 Å². The van der Waals surface area contributed by atoms with Crippen molar-refractivity contribution >= 4 is 27.9 Å². The van der Waals surface area contributed by atoms with Crippen molar-refractivity contribution in [1.82, 2.24) is 19.9 Å². The number of aromatic amines is 2. The summed E-state index contributed by atoms with van der Waals surface area (Å²) in [5.41, 5.74) is 8.18. The first-order valence-electron chi connectivity index (χ1n) is 6.52. The zero-order valence-electron chi connectivity index (χ0n) is 11.6. The number of imidazole rings is 1. The third kappa shape index (κ3) is 2.79. The van der Waals surface area contributed by atoms with Gasteiger partial charge in [0.05, 0.1) is 18.3 Å². The smallest absolute Gasteiger partial charge is 0.174 e. The van der Waals surface area contributed by atoms with Gasteiger partial charge in [0.25, 0.3) is 0 Å². The molecule has 0 unspecified atom stereocenters. The van der Waals surface area contributed by atoms with Crippen molar-refractivity contribution in [1.29, 1.82) is 0 Å². The van der Waals surface area contributed by atoms with Gasteiger partial charge in [-0.2, -0.15) is 0 Å². The largest absolute Gasteiger partial charge is 0.386 e. The fourth-order valence-electron chi connectivity index (χ4n) is 2.02. The van der Waals surface area contributed by atoms with Gasteiger partial charge >= 0.3 is 0 Å². The maximum Gasteiger partial charge on any atom is 0.174 e. The summed E-state index contributed by atoms with van der Waals surface area (Å²) < 4.78 is 4.91. The molecule has 3 aromatic rings. The number of H-pyrrole nitrogens is 2. The van der Waals surface area contributed by atoms with Crippen LogP contribution in [0.1, 0.15) is 12.2 Å². The van der Waals surface area contributed by atoms with Gasteiger partial charge in [0.2, 0.25) is 0 Å². The molecule has 0 aliphatic carbocycles. The minimum absolute atomic E-state index is 0.217. The number of fused-ring (bicyclic) bond motifs is 3. The minimum atomic E-state index is 0.217. The van der Waals surface area contributed by atoms with Gasteiger partial charge in [-0.25, -0.2) is 9.97 Å². The predicted octanol–water partition coefficient (Wildman–Crippen LogP) is 1.26. The third-order valence-corrected chi connectivity index (χ3v) is 3.03. The van der Waals surface area contributed by atoms with E-state index in [4.69, 9.17) is 15.3 Å². The summed E-state index contributed by atoms with van der Waals surface area (Å²) >= 11 is 0. The summed E-state index contributed by atoms with van der Waals surface area (Å²) in [6.45, 7) is 0.731. The molecular weight excluding hydrogens is 272 g/mol. The summed E-state index contributed by atoms with van der Waals surface area (Å²) in [6.07, 6.45) is 4.11. The molecule has 4 N–H and O–H groups in total. The number of pyridine rings is 1. The van der Waals surface area contributed by atoms with Crippen LogP contribution in [0.4, 0.5) is 0 Å². The number of aromatic nitrogens is 4. The second kappa shape index (κ2) is 5.80. The van der Waals surface area contributed by atoms with Crippen molar-refractivity contribution in [2.24, 2.45) is 10.9 Å². The number of nitrogens with one attached hydrogen (secondary N) is 2. The van der Waals surface area contributed by atoms with Gasteiger partial charge in [-0.3, -0.25) is 0 Å². The van der Waals surface area contributed by atoms with Gasteiger partial charge in [-0.05, 0) is 6.07 Å². The number of methoxy groups -OCH3 is 1. The summed E-state index contributed by atoms with van der Waals surface area (Å²) in [7, 11) is 1.61. The SMILES string of the molecule is COCC/C(N)=N/OCc1nc2c(cnc3[nH]ccc32)[nH]1. The van der Waals surface area contributed by atoms with E-state index in [9.17, 15) is 0 Å². The van der Waals surface area contributed by atoms with E-state index in [2.05, 4.69) is 25.1 Å². The van der Waals surface area contributed by atoms with Crippen LogP contribution in [0.15, 0.2) is 23.6 Å². The second-order valence-electron chi connectivity index (χ2n) is 4.54. The van der Waals surface area contributed by atoms with Crippen LogP contribution in [-0.4, -0.2) is 39.5 Å². The highest BCUT2D eigenvalue weighted by Crippen LogP contribution is 2.20. The first-order chi connectivity index (χ1) is 10.3. The average molecular weight is 288 g/mol. The molecule has 0 aliphatic rings. The van der Waals surface area contributed by atoms with E-state index in [1.54, 1.807) is 13.3 Å². The maximum absolute atomic E-state index is 5.66. The number of hydrogen-bond donors (Lipinski definition) is 3. The Morgan fingerprint density at radius 2 is 2.38 bits per heavy atom. The van der Waals surface area contributed by atoms with E-state index in [0.717, 1.165) is 22.1 Å². The van der Waals surface area contributed by atoms with Gasteiger partial charge in [0, 0.05) is 25.1 Å². The van der Waals surface area contributed by atoms with Gasteiger partial charge in [-0.15, -0.1) is 0 Å². The number of amidine groups is 1. The molecule has 0 fully saturated rings. The van der Waals surface area contributed by atoms with Crippen LogP contribution < -0.4 is 5.73 Å². The molecule has 0 aliphatic heterocycles. The normalized spacial score (nSPS) is 12.3. The van der Waals surface area contributed by atoms with Crippen molar-refractivity contribution in [2.45, 2.75) is 13.0 Å². The Balaban J connectivity index is 1.73. The van der Waals surface area contributed by atoms with Crippen LogP contribution in [-0.2, 0) is 16.2 Å². The molecule has 0 atom stereocenters. The highest BCUT2D eigenvalue weighted by Gasteiger charge is 2.08. The highest BCUT2D eigenvalue weighted by molar-refractivity contribution is 6.00. The van der Waals surface area contributed by atoms with Crippen LogP contribution in [0.3, 0.4) is 0 Å². The van der Waals surface area contributed by atoms with Gasteiger partial charge in [0.15, 0.2) is 6.61 Å². The first kappa shape index (κ1) is 13.4. The lowest BCUT2D eigenvalue weighted by atomic mass is 10.3. The molecular formula is C13H16N6O2. The van der Waals surface area contributed by atoms with Crippen LogP contribution in [0.2, 0.25) is 0 Å². The van der Waals surface area contributed by atoms with E-state index < -0.39 is 0 Å². The Morgan fingerprint density at radius 1 is 1.48 bits per heavy atom. The van der Waals surface area contributed by atoms with E-state index in [0.29, 0.717) is 24.7 Å². The Kier molecular flexibility index (Phi) is 3.69. The standard InChI is InChI=1S/C13H16N6O2/c1-20-5-3-10(14)19-21-7-11-17-9-6-16-13-8(2-4-15-13)12(9)18-11/h2,4,6H,3,5,7H2,1H3,(H2,14,19)(H,15,16)(H,17,18). The Bertz CT molecular complexity index is 775. The second-order valence-corrected chi connectivity index (χ2v) is 4.54. The molecule has 0 radical (unpaired) electrons. The lowest BCUT2D eigenvalue weighted by Crippen LogP contribution is -2.14. The lowest BCUT2D eigenvalue weighted by Gasteiger charge is -1.99. The molecule has 3 rings (SSSR count). The highest BCUT2D eigenvalue weighted by atomic mass is 16.6. The number of nitrogens with zero attached hydrogens (tertiary/aromatic N) is 3. The summed E-state index contributed by atoms with van der Waals surface area (Å²) in [4.78, 5) is 20.2. The number of oxime groups is 1. The number of hydrogen-bond acceptors (Lipinski definition) is 5. The van der Waals surface area contributed by atoms with E-state index in [1.165, 1.54) is 0 Å². The molecule has 3 heterocycles. The van der Waals surface area contributed by atoms with Crippen molar-refractivity contribution in [3.63, 3.8) is 0 Å². The predicted molar refractivity (Wildman–Crippen MR) is 78.6 cm³/mol. The molecule has 21 heavy (non-hydrogen) atoms. The van der Waals surface area contributed by atoms with Crippen molar-refractivity contribution in [2.75, 3.05) is 13.7 Å². The topological polar surface area (TPSA) is 114 Å². The van der Waals surface area contributed by atoms with Crippen LogP contribution >= 0.6 is 0 Å². The van der Waals surface area contributed by atoms with Gasteiger partial charge in [0.1, 0.15) is 22.8 Å². The third-order valence-electron chi connectivity index (χ3n) is 3.03. The van der Waals surface area contributed by atoms with Gasteiger partial charge < -0.3 is 25.3 Å². The van der Waals surface area contributed by atoms with Crippen molar-refractivity contribution in [3.8, 4) is 0 Å². The number of rotatable bonds is 6. The lowest BCUT2D eigenvalue weighted by molar-refractivity contribution is 0.123. The fourth-order valence-corrected chi connectivity index (χ4v) is 2.02. The summed E-state index contributed by atoms with van der Waals surface area (Å²) in [6, 6.07) is 1.94. The number of nitrogens with two attached hydrogens (primary N) is 1. The molecule has 3 aromatic heterocycles. The van der Waals surface area contributed by atoms with Crippen molar-refractivity contribution in [3.05, 3.63) is 24.3 Å². The zero-order chi connectivity index (χ0) is 14.7. The van der Waals surface area contributed by atoms with Crippen molar-refractivity contribution < 1.29 is 9.57 Å². The molecule has 8 nitrogen and oxygen atoms in total. The van der Waals surface area contributed by atoms with Crippen LogP contribution in [0, 0.1) is 0 Å². The molecule has 0 saturated carbocycles. The first-order valence-corrected chi connectivity index (χ1v) is 6.52. The Labute approximate surface area is 120 Å². The quantitative estimate of drug-likeness (QED) is 0.359. The zero-order valence-corrected chi connectivity index (χ0v) is 11.6. The molecule has 0 amide bonds. The van der Waals surface area contributed by atoms with E-state index in [1.807, 2.05) is 12.3 Å². The number of ether oxygens (including phenoxy) is 1. The van der Waals surface area contributed by atoms with Crippen LogP contribution in [0.5, 0.6) is 0 Å². The Morgan fingerprint density at radius 3 is 3.24 bits per heavy atom. The molecule has 0 aromatic carbocycles. The molecule has 0 spiro atoms. The molecule has 110 valence electrons. The van der Waals surface area contributed by atoms with Crippen LogP contribution in [0.25, 0.3) is 22.1 Å². The Hall–Kier alpha value is -2.61. The summed E-state index contributed by atoms with van der Waals surface area (Å²) in [5.74, 6) is 1.06. The molecule has 0 bridgehead atoms. The molecule has 0 saturated heterocycles. The van der Waals surface area contributed by atoms with E-state index in [-0.39, 0.29) is 6.61 Å². The molecule has 8 heteroatoms. The average Bonchev–Trinajstić information content (AvgIpc) is 3.09. The minimum Gasteiger partial charge on any atom is -0.386 e. The van der Waals surface area contributed by atoms with E-state index >= 15 is 0 Å².